The van der Waals surface area contributed by atoms with E-state index in [2.05, 4.69) is 15.3 Å². The fraction of sp³-hybridized carbons (Fsp3) is 0.276. The molecule has 0 spiro atoms. The van der Waals surface area contributed by atoms with Crippen molar-refractivity contribution in [3.8, 4) is 11.3 Å². The molecular formula is C29H28F3N7O3. The topological polar surface area (TPSA) is 128 Å². The Morgan fingerprint density at radius 3 is 2.67 bits per heavy atom. The first-order chi connectivity index (χ1) is 20.2. The van der Waals surface area contributed by atoms with E-state index in [1.807, 2.05) is 0 Å². The molecule has 1 atom stereocenters. The van der Waals surface area contributed by atoms with Gasteiger partial charge in [0, 0.05) is 43.9 Å². The normalized spacial score (nSPS) is 15.8. The predicted molar refractivity (Wildman–Crippen MR) is 149 cm³/mol. The minimum atomic E-state index is -4.82. The number of anilines is 2. The van der Waals surface area contributed by atoms with Gasteiger partial charge < -0.3 is 20.7 Å². The summed E-state index contributed by atoms with van der Waals surface area (Å²) < 4.78 is 49.9. The Balaban J connectivity index is 1.69. The Labute approximate surface area is 239 Å². The molecule has 1 saturated heterocycles. The van der Waals surface area contributed by atoms with Crippen LogP contribution < -0.4 is 11.1 Å². The van der Waals surface area contributed by atoms with Gasteiger partial charge in [0.2, 0.25) is 5.91 Å². The number of imidazole rings is 1. The zero-order chi connectivity index (χ0) is 29.9. The number of nitrogen functional groups attached to an aromatic ring is 1. The number of ether oxygens (including phenoxy) is 1. The monoisotopic (exact) mass is 579 g/mol. The molecule has 1 aliphatic heterocycles. The summed E-state index contributed by atoms with van der Waals surface area (Å²) in [5, 5.41) is 2.52. The van der Waals surface area contributed by atoms with Crippen molar-refractivity contribution in [3.05, 3.63) is 84.1 Å². The van der Waals surface area contributed by atoms with E-state index in [0.717, 1.165) is 25.1 Å². The molecule has 1 fully saturated rings. The summed E-state index contributed by atoms with van der Waals surface area (Å²) in [7, 11) is 1.51. The Bertz CT molecular complexity index is 1640. The Morgan fingerprint density at radius 2 is 1.93 bits per heavy atom. The van der Waals surface area contributed by atoms with Crippen molar-refractivity contribution in [2.45, 2.75) is 31.5 Å². The number of piperidine rings is 1. The first kappa shape index (κ1) is 28.7. The van der Waals surface area contributed by atoms with Crippen molar-refractivity contribution < 1.29 is 27.5 Å². The lowest BCUT2D eigenvalue weighted by atomic mass is 10.0. The number of hydrogen-bond donors (Lipinski definition) is 2. The zero-order valence-electron chi connectivity index (χ0n) is 22.6. The number of aromatic nitrogens is 4. The highest BCUT2D eigenvalue weighted by molar-refractivity contribution is 6.06. The number of carbonyl (C=O) groups excluding carboxylic acids is 2. The van der Waals surface area contributed by atoms with Crippen LogP contribution in [0.4, 0.5) is 24.8 Å². The van der Waals surface area contributed by atoms with Crippen LogP contribution in [0.1, 0.15) is 47.1 Å². The van der Waals surface area contributed by atoms with Gasteiger partial charge in [0.05, 0.1) is 23.8 Å². The molecule has 4 heterocycles. The third kappa shape index (κ3) is 5.68. The van der Waals surface area contributed by atoms with Gasteiger partial charge in [0.1, 0.15) is 28.7 Å². The number of methoxy groups -OCH3 is 1. The van der Waals surface area contributed by atoms with Crippen LogP contribution >= 0.6 is 0 Å². The third-order valence-corrected chi connectivity index (χ3v) is 6.98. The lowest BCUT2D eigenvalue weighted by Gasteiger charge is -2.34. The number of carbonyl (C=O) groups is 2. The number of nitrogens with two attached hydrogens (primary N) is 1. The first-order valence-corrected chi connectivity index (χ1v) is 13.2. The summed E-state index contributed by atoms with van der Waals surface area (Å²) >= 11 is 0. The number of likely N-dealkylation sites (tertiary alicyclic amines) is 1. The average molecular weight is 580 g/mol. The molecule has 0 bridgehead atoms. The second kappa shape index (κ2) is 12.0. The molecule has 42 heavy (non-hydrogen) atoms. The molecule has 2 amide bonds. The largest absolute Gasteiger partial charge is 0.417 e. The minimum absolute atomic E-state index is 0.0720. The van der Waals surface area contributed by atoms with Gasteiger partial charge in [-0.3, -0.25) is 14.0 Å². The van der Waals surface area contributed by atoms with Gasteiger partial charge >= 0.3 is 6.18 Å². The minimum Gasteiger partial charge on any atom is -0.382 e. The molecule has 0 unspecified atom stereocenters. The van der Waals surface area contributed by atoms with E-state index in [9.17, 15) is 22.8 Å². The SMILES string of the molecule is COC/C=C/C(=O)N1CCCC[C@H]1c1nc(-c2c(C(F)(F)F)ccnc2NC(=O)c2ccccc2)c2c(N)nccn12. The predicted octanol–water partition coefficient (Wildman–Crippen LogP) is 4.90. The maximum atomic E-state index is 14.5. The fourth-order valence-electron chi connectivity index (χ4n) is 5.10. The highest BCUT2D eigenvalue weighted by atomic mass is 19.4. The van der Waals surface area contributed by atoms with Gasteiger partial charge in [0.15, 0.2) is 0 Å². The number of alkyl halides is 3. The average Bonchev–Trinajstić information content (AvgIpc) is 3.37. The number of amides is 2. The number of rotatable bonds is 7. The summed E-state index contributed by atoms with van der Waals surface area (Å²) in [5.41, 5.74) is 4.91. The molecule has 13 heteroatoms. The van der Waals surface area contributed by atoms with E-state index in [0.29, 0.717) is 18.8 Å². The highest BCUT2D eigenvalue weighted by Crippen LogP contribution is 2.43. The summed E-state index contributed by atoms with van der Waals surface area (Å²) in [6.45, 7) is 0.687. The number of hydrogen-bond acceptors (Lipinski definition) is 7. The van der Waals surface area contributed by atoms with Crippen LogP contribution in [0, 0.1) is 0 Å². The quantitative estimate of drug-likeness (QED) is 0.298. The van der Waals surface area contributed by atoms with Crippen molar-refractivity contribution in [1.29, 1.82) is 0 Å². The Hall–Kier alpha value is -4.78. The van der Waals surface area contributed by atoms with Gasteiger partial charge in [0.25, 0.3) is 5.91 Å². The first-order valence-electron chi connectivity index (χ1n) is 13.2. The van der Waals surface area contributed by atoms with Crippen molar-refractivity contribution >= 4 is 29.0 Å². The second-order valence-corrected chi connectivity index (χ2v) is 9.65. The Kier molecular flexibility index (Phi) is 8.20. The van der Waals surface area contributed by atoms with Crippen LogP contribution in [-0.4, -0.2) is 56.3 Å². The summed E-state index contributed by atoms with van der Waals surface area (Å²) in [5.74, 6) is -1.01. The van der Waals surface area contributed by atoms with Crippen molar-refractivity contribution in [3.63, 3.8) is 0 Å². The molecule has 1 aromatic carbocycles. The molecule has 1 aliphatic rings. The van der Waals surface area contributed by atoms with Crippen LogP contribution in [0.5, 0.6) is 0 Å². The number of pyridine rings is 1. The maximum absolute atomic E-state index is 14.5. The van der Waals surface area contributed by atoms with E-state index >= 15 is 0 Å². The number of fused-ring (bicyclic) bond motifs is 1. The van der Waals surface area contributed by atoms with Gasteiger partial charge in [-0.2, -0.15) is 13.2 Å². The van der Waals surface area contributed by atoms with Crippen LogP contribution in [0.2, 0.25) is 0 Å². The van der Waals surface area contributed by atoms with Gasteiger partial charge in [-0.1, -0.05) is 24.3 Å². The maximum Gasteiger partial charge on any atom is 0.417 e. The second-order valence-electron chi connectivity index (χ2n) is 9.65. The standard InChI is InChI=1S/C29H28F3N7O3/c1-42-17-7-11-21(40)38-15-6-5-10-20(38)27-36-23(24-25(33)34-14-16-39(24)27)22-19(29(30,31)32)12-13-35-26(22)37-28(41)18-8-3-2-4-9-18/h2-4,7-9,11-14,16,20H,5-6,10,15,17H2,1H3,(H2,33,34)(H,35,37,41)/b11-7+/t20-/m0/s1. The van der Waals surface area contributed by atoms with Crippen molar-refractivity contribution in [1.82, 2.24) is 24.3 Å². The van der Waals surface area contributed by atoms with E-state index in [4.69, 9.17) is 15.5 Å². The van der Waals surface area contributed by atoms with Crippen molar-refractivity contribution in [2.24, 2.45) is 0 Å². The van der Waals surface area contributed by atoms with Crippen LogP contribution in [0.25, 0.3) is 16.8 Å². The van der Waals surface area contributed by atoms with Crippen LogP contribution in [0.15, 0.2) is 67.1 Å². The summed E-state index contributed by atoms with van der Waals surface area (Å²) in [4.78, 5) is 40.7. The molecule has 0 aliphatic carbocycles. The van der Waals surface area contributed by atoms with E-state index < -0.39 is 29.3 Å². The molecule has 0 saturated carbocycles. The van der Waals surface area contributed by atoms with Crippen LogP contribution in [0.3, 0.4) is 0 Å². The molecular weight excluding hydrogens is 551 g/mol. The lowest BCUT2D eigenvalue weighted by Crippen LogP contribution is -2.38. The molecule has 5 rings (SSSR count). The zero-order valence-corrected chi connectivity index (χ0v) is 22.6. The number of nitrogens with one attached hydrogen (secondary N) is 1. The van der Waals surface area contributed by atoms with Crippen LogP contribution in [-0.2, 0) is 15.7 Å². The summed E-state index contributed by atoms with van der Waals surface area (Å²) in [6, 6.07) is 8.31. The Morgan fingerprint density at radius 1 is 1.14 bits per heavy atom. The molecule has 3 N–H and O–H groups in total. The fourth-order valence-corrected chi connectivity index (χ4v) is 5.10. The lowest BCUT2D eigenvalue weighted by molar-refractivity contribution is -0.137. The van der Waals surface area contributed by atoms with E-state index in [1.54, 1.807) is 39.8 Å². The van der Waals surface area contributed by atoms with E-state index in [-0.39, 0.29) is 40.9 Å². The highest BCUT2D eigenvalue weighted by Gasteiger charge is 2.39. The number of benzene rings is 1. The smallest absolute Gasteiger partial charge is 0.382 e. The van der Waals surface area contributed by atoms with E-state index in [1.165, 1.54) is 31.5 Å². The molecule has 3 aromatic heterocycles. The molecule has 0 radical (unpaired) electrons. The molecule has 218 valence electrons. The third-order valence-electron chi connectivity index (χ3n) is 6.98. The number of halogens is 3. The van der Waals surface area contributed by atoms with Gasteiger partial charge in [-0.15, -0.1) is 0 Å². The van der Waals surface area contributed by atoms with Crippen molar-refractivity contribution in [2.75, 3.05) is 31.3 Å². The number of nitrogens with zero attached hydrogens (tertiary/aromatic N) is 5. The van der Waals surface area contributed by atoms with Gasteiger partial charge in [-0.25, -0.2) is 15.0 Å². The molecule has 10 nitrogen and oxygen atoms in total. The summed E-state index contributed by atoms with van der Waals surface area (Å²) in [6.07, 6.45) is 4.18. The van der Waals surface area contributed by atoms with Gasteiger partial charge in [-0.05, 0) is 37.5 Å². The molecule has 4 aromatic rings.